The quantitative estimate of drug-likeness (QED) is 0.713. The molecule has 0 saturated heterocycles. The summed E-state index contributed by atoms with van der Waals surface area (Å²) < 4.78 is 5.41. The van der Waals surface area contributed by atoms with Crippen LogP contribution < -0.4 is 4.74 Å². The van der Waals surface area contributed by atoms with Crippen LogP contribution in [0.3, 0.4) is 0 Å². The molecule has 0 unspecified atom stereocenters. The molecular weight excluding hydrogens is 195 g/mol. The zero-order chi connectivity index (χ0) is 9.14. The molecule has 1 rings (SSSR count). The fourth-order valence-electron chi connectivity index (χ4n) is 0.821. The van der Waals surface area contributed by atoms with E-state index in [9.17, 15) is 0 Å². The number of ether oxygens (including phenoxy) is 1. The summed E-state index contributed by atoms with van der Waals surface area (Å²) >= 11 is 11.6. The molecule has 1 aromatic rings. The van der Waals surface area contributed by atoms with Crippen LogP contribution in [0.2, 0.25) is 10.0 Å². The first kappa shape index (κ1) is 9.69. The Kier molecular flexibility index (Phi) is 3.24. The summed E-state index contributed by atoms with van der Waals surface area (Å²) in [5.41, 5.74) is 0. The molecule has 3 heteroatoms. The maximum Gasteiger partial charge on any atom is 0.139 e. The van der Waals surface area contributed by atoms with Gasteiger partial charge in [0.05, 0.1) is 11.1 Å². The largest absolute Gasteiger partial charge is 0.489 e. The third kappa shape index (κ3) is 2.58. The third-order valence-corrected chi connectivity index (χ3v) is 1.80. The molecule has 0 aliphatic rings. The van der Waals surface area contributed by atoms with Crippen LogP contribution in [0, 0.1) is 0 Å². The lowest BCUT2D eigenvalue weighted by Crippen LogP contribution is -2.05. The molecule has 1 nitrogen and oxygen atoms in total. The van der Waals surface area contributed by atoms with Crippen molar-refractivity contribution in [2.75, 3.05) is 0 Å². The molecule has 0 heterocycles. The monoisotopic (exact) mass is 204 g/mol. The zero-order valence-corrected chi connectivity index (χ0v) is 8.49. The summed E-state index contributed by atoms with van der Waals surface area (Å²) in [6.07, 6.45) is 0.112. The molecule has 0 aliphatic heterocycles. The molecule has 0 aliphatic carbocycles. The summed E-state index contributed by atoms with van der Waals surface area (Å²) in [4.78, 5) is 0. The average Bonchev–Trinajstić information content (AvgIpc) is 1.96. The number of halogens is 2. The molecule has 0 saturated carbocycles. The first-order valence-electron chi connectivity index (χ1n) is 3.71. The first-order chi connectivity index (χ1) is 5.59. The van der Waals surface area contributed by atoms with Crippen LogP contribution in [0.4, 0.5) is 0 Å². The van der Waals surface area contributed by atoms with Gasteiger partial charge in [0, 0.05) is 11.1 Å². The fraction of sp³-hybridized carbons (Fsp3) is 0.333. The van der Waals surface area contributed by atoms with Crippen LogP contribution >= 0.6 is 23.2 Å². The second-order valence-electron chi connectivity index (χ2n) is 2.74. The molecule has 0 N–H and O–H groups in total. The van der Waals surface area contributed by atoms with E-state index in [1.54, 1.807) is 18.2 Å². The maximum atomic E-state index is 5.86. The van der Waals surface area contributed by atoms with E-state index in [2.05, 4.69) is 0 Å². The van der Waals surface area contributed by atoms with E-state index in [4.69, 9.17) is 27.9 Å². The van der Waals surface area contributed by atoms with Gasteiger partial charge in [-0.05, 0) is 26.0 Å². The van der Waals surface area contributed by atoms with Gasteiger partial charge in [-0.15, -0.1) is 0 Å². The first-order valence-corrected chi connectivity index (χ1v) is 4.47. The summed E-state index contributed by atoms with van der Waals surface area (Å²) in [5.74, 6) is 0.638. The van der Waals surface area contributed by atoms with E-state index in [1.807, 2.05) is 13.8 Å². The Morgan fingerprint density at radius 1 is 1.25 bits per heavy atom. The van der Waals surface area contributed by atoms with Gasteiger partial charge in [-0.2, -0.15) is 0 Å². The Morgan fingerprint density at radius 3 is 2.50 bits per heavy atom. The van der Waals surface area contributed by atoms with E-state index < -0.39 is 0 Å². The number of benzene rings is 1. The summed E-state index contributed by atoms with van der Waals surface area (Å²) in [6.45, 7) is 3.88. The van der Waals surface area contributed by atoms with Gasteiger partial charge in [0.2, 0.25) is 0 Å². The SMILES string of the molecule is CC(C)Oc1cc(Cl)ccc1Cl. The zero-order valence-electron chi connectivity index (χ0n) is 6.97. The van der Waals surface area contributed by atoms with Crippen LogP contribution in [0.1, 0.15) is 13.8 Å². The summed E-state index contributed by atoms with van der Waals surface area (Å²) in [6, 6.07) is 5.17. The lowest BCUT2D eigenvalue weighted by molar-refractivity contribution is 0.242. The fourth-order valence-corrected chi connectivity index (χ4v) is 1.15. The van der Waals surface area contributed by atoms with Crippen molar-refractivity contribution in [1.82, 2.24) is 0 Å². The molecule has 0 bridgehead atoms. The predicted octanol–water partition coefficient (Wildman–Crippen LogP) is 3.78. The van der Waals surface area contributed by atoms with Crippen LogP contribution in [0.15, 0.2) is 18.2 Å². The second kappa shape index (κ2) is 4.01. The molecular formula is C9H10Cl2O. The van der Waals surface area contributed by atoms with Crippen LogP contribution in [0.5, 0.6) is 5.75 Å². The molecule has 1 aromatic carbocycles. The van der Waals surface area contributed by atoms with Crippen LogP contribution in [0.25, 0.3) is 0 Å². The van der Waals surface area contributed by atoms with Gasteiger partial charge in [0.1, 0.15) is 5.75 Å². The highest BCUT2D eigenvalue weighted by molar-refractivity contribution is 6.34. The van der Waals surface area contributed by atoms with Gasteiger partial charge in [-0.3, -0.25) is 0 Å². The van der Waals surface area contributed by atoms with Gasteiger partial charge in [0.25, 0.3) is 0 Å². The minimum absolute atomic E-state index is 0.112. The molecule has 0 aromatic heterocycles. The number of rotatable bonds is 2. The van der Waals surface area contributed by atoms with Gasteiger partial charge >= 0.3 is 0 Å². The van der Waals surface area contributed by atoms with E-state index in [1.165, 1.54) is 0 Å². The van der Waals surface area contributed by atoms with Crippen molar-refractivity contribution in [1.29, 1.82) is 0 Å². The highest BCUT2D eigenvalue weighted by Gasteiger charge is 2.03. The second-order valence-corrected chi connectivity index (χ2v) is 3.58. The molecule has 66 valence electrons. The van der Waals surface area contributed by atoms with Crippen LogP contribution in [-0.4, -0.2) is 6.10 Å². The van der Waals surface area contributed by atoms with Gasteiger partial charge in [-0.1, -0.05) is 23.2 Å². The molecule has 0 amide bonds. The molecule has 12 heavy (non-hydrogen) atoms. The molecule has 0 atom stereocenters. The van der Waals surface area contributed by atoms with Crippen molar-refractivity contribution in [3.8, 4) is 5.75 Å². The highest BCUT2D eigenvalue weighted by Crippen LogP contribution is 2.28. The third-order valence-electron chi connectivity index (χ3n) is 1.26. The molecule has 0 radical (unpaired) electrons. The van der Waals surface area contributed by atoms with E-state index >= 15 is 0 Å². The van der Waals surface area contributed by atoms with Crippen molar-refractivity contribution < 1.29 is 4.74 Å². The normalized spacial score (nSPS) is 10.4. The van der Waals surface area contributed by atoms with E-state index in [0.29, 0.717) is 15.8 Å². The predicted molar refractivity (Wildman–Crippen MR) is 52.2 cm³/mol. The van der Waals surface area contributed by atoms with Gasteiger partial charge < -0.3 is 4.74 Å². The Balaban J connectivity index is 2.90. The Bertz CT molecular complexity index is 271. The smallest absolute Gasteiger partial charge is 0.139 e. The highest BCUT2D eigenvalue weighted by atomic mass is 35.5. The van der Waals surface area contributed by atoms with E-state index in [0.717, 1.165) is 0 Å². The number of hydrogen-bond donors (Lipinski definition) is 0. The Hall–Kier alpha value is -0.400. The molecule has 0 spiro atoms. The van der Waals surface area contributed by atoms with E-state index in [-0.39, 0.29) is 6.10 Å². The van der Waals surface area contributed by atoms with Crippen molar-refractivity contribution in [3.63, 3.8) is 0 Å². The topological polar surface area (TPSA) is 9.23 Å². The Labute approximate surface area is 82.2 Å². The minimum Gasteiger partial charge on any atom is -0.489 e. The maximum absolute atomic E-state index is 5.86. The minimum atomic E-state index is 0.112. The van der Waals surface area contributed by atoms with Gasteiger partial charge in [0.15, 0.2) is 0 Å². The standard InChI is InChI=1S/C9H10Cl2O/c1-6(2)12-9-5-7(10)3-4-8(9)11/h3-6H,1-2H3. The molecule has 0 fully saturated rings. The van der Waals surface area contributed by atoms with Crippen molar-refractivity contribution in [2.24, 2.45) is 0 Å². The number of hydrogen-bond acceptors (Lipinski definition) is 1. The Morgan fingerprint density at radius 2 is 1.92 bits per heavy atom. The average molecular weight is 205 g/mol. The van der Waals surface area contributed by atoms with Crippen molar-refractivity contribution >= 4 is 23.2 Å². The summed E-state index contributed by atoms with van der Waals surface area (Å²) in [5, 5.41) is 1.23. The van der Waals surface area contributed by atoms with Gasteiger partial charge in [-0.25, -0.2) is 0 Å². The lowest BCUT2D eigenvalue weighted by Gasteiger charge is -2.10. The van der Waals surface area contributed by atoms with Crippen molar-refractivity contribution in [2.45, 2.75) is 20.0 Å². The summed E-state index contributed by atoms with van der Waals surface area (Å²) in [7, 11) is 0. The van der Waals surface area contributed by atoms with Crippen LogP contribution in [-0.2, 0) is 0 Å². The lowest BCUT2D eigenvalue weighted by atomic mass is 10.3. The van der Waals surface area contributed by atoms with Crippen molar-refractivity contribution in [3.05, 3.63) is 28.2 Å².